The zero-order valence-corrected chi connectivity index (χ0v) is 8.59. The van der Waals surface area contributed by atoms with Gasteiger partial charge in [-0.15, -0.1) is 6.58 Å². The molecule has 13 heavy (non-hydrogen) atoms. The SMILES string of the molecule is C=CCCC=CCCNCCOC. The van der Waals surface area contributed by atoms with E-state index in [1.54, 1.807) is 7.11 Å². The molecule has 0 fully saturated rings. The lowest BCUT2D eigenvalue weighted by molar-refractivity contribution is 0.199. The largest absolute Gasteiger partial charge is 0.383 e. The second-order valence-electron chi connectivity index (χ2n) is 2.87. The van der Waals surface area contributed by atoms with Crippen LogP contribution in [0.4, 0.5) is 0 Å². The highest BCUT2D eigenvalue weighted by molar-refractivity contribution is 4.84. The Morgan fingerprint density at radius 3 is 2.62 bits per heavy atom. The topological polar surface area (TPSA) is 21.3 Å². The number of unbranched alkanes of at least 4 members (excludes halogenated alkanes) is 1. The molecule has 0 amide bonds. The average molecular weight is 183 g/mol. The van der Waals surface area contributed by atoms with E-state index in [2.05, 4.69) is 24.0 Å². The maximum Gasteiger partial charge on any atom is 0.0587 e. The van der Waals surface area contributed by atoms with E-state index in [1.807, 2.05) is 6.08 Å². The third-order valence-electron chi connectivity index (χ3n) is 1.67. The minimum absolute atomic E-state index is 0.792. The number of hydrogen-bond acceptors (Lipinski definition) is 2. The fourth-order valence-electron chi connectivity index (χ4n) is 0.934. The number of hydrogen-bond donors (Lipinski definition) is 1. The van der Waals surface area contributed by atoms with Gasteiger partial charge in [-0.1, -0.05) is 18.2 Å². The van der Waals surface area contributed by atoms with E-state index in [1.165, 1.54) is 0 Å². The molecule has 0 rings (SSSR count). The van der Waals surface area contributed by atoms with E-state index in [0.29, 0.717) is 0 Å². The molecule has 0 aromatic carbocycles. The Bertz CT molecular complexity index is 132. The number of ether oxygens (including phenoxy) is 1. The number of nitrogens with one attached hydrogen (secondary N) is 1. The van der Waals surface area contributed by atoms with E-state index in [0.717, 1.165) is 39.0 Å². The van der Waals surface area contributed by atoms with Gasteiger partial charge in [-0.25, -0.2) is 0 Å². The normalized spacial score (nSPS) is 10.8. The van der Waals surface area contributed by atoms with Crippen molar-refractivity contribution < 1.29 is 4.74 Å². The Hall–Kier alpha value is -0.600. The minimum Gasteiger partial charge on any atom is -0.383 e. The van der Waals surface area contributed by atoms with Crippen LogP contribution in [0.15, 0.2) is 24.8 Å². The predicted molar refractivity (Wildman–Crippen MR) is 57.9 cm³/mol. The summed E-state index contributed by atoms with van der Waals surface area (Å²) in [6, 6.07) is 0. The standard InChI is InChI=1S/C11H21NO/c1-3-4-5-6-7-8-9-12-10-11-13-2/h3,6-7,12H,1,4-5,8-11H2,2H3. The molecule has 0 saturated carbocycles. The summed E-state index contributed by atoms with van der Waals surface area (Å²) in [5.74, 6) is 0. The maximum atomic E-state index is 4.91. The second-order valence-corrected chi connectivity index (χ2v) is 2.87. The summed E-state index contributed by atoms with van der Waals surface area (Å²) in [4.78, 5) is 0. The molecule has 0 unspecified atom stereocenters. The van der Waals surface area contributed by atoms with E-state index in [9.17, 15) is 0 Å². The number of rotatable bonds is 9. The van der Waals surface area contributed by atoms with Crippen molar-refractivity contribution in [2.45, 2.75) is 19.3 Å². The zero-order valence-electron chi connectivity index (χ0n) is 8.59. The number of methoxy groups -OCH3 is 1. The Labute approximate surface area is 81.7 Å². The highest BCUT2D eigenvalue weighted by Crippen LogP contribution is 1.92. The van der Waals surface area contributed by atoms with E-state index in [4.69, 9.17) is 4.74 Å². The molecule has 76 valence electrons. The van der Waals surface area contributed by atoms with Gasteiger partial charge in [0.05, 0.1) is 6.61 Å². The van der Waals surface area contributed by atoms with Gasteiger partial charge in [-0.2, -0.15) is 0 Å². The lowest BCUT2D eigenvalue weighted by Crippen LogP contribution is -2.19. The first-order valence-corrected chi connectivity index (χ1v) is 4.87. The average Bonchev–Trinajstić information content (AvgIpc) is 2.16. The molecule has 0 aliphatic carbocycles. The van der Waals surface area contributed by atoms with Gasteiger partial charge in [0, 0.05) is 13.7 Å². The monoisotopic (exact) mass is 183 g/mol. The molecule has 0 aliphatic rings. The van der Waals surface area contributed by atoms with Gasteiger partial charge >= 0.3 is 0 Å². The van der Waals surface area contributed by atoms with Crippen LogP contribution in [0.5, 0.6) is 0 Å². The van der Waals surface area contributed by atoms with Gasteiger partial charge in [0.1, 0.15) is 0 Å². The molecule has 0 heterocycles. The highest BCUT2D eigenvalue weighted by Gasteiger charge is 1.83. The molecule has 0 aliphatic heterocycles. The van der Waals surface area contributed by atoms with Crippen molar-refractivity contribution in [3.8, 4) is 0 Å². The molecule has 2 heteroatoms. The quantitative estimate of drug-likeness (QED) is 0.437. The van der Waals surface area contributed by atoms with Crippen molar-refractivity contribution in [1.29, 1.82) is 0 Å². The molecule has 0 spiro atoms. The lowest BCUT2D eigenvalue weighted by Gasteiger charge is -2.00. The van der Waals surface area contributed by atoms with Gasteiger partial charge < -0.3 is 10.1 Å². The summed E-state index contributed by atoms with van der Waals surface area (Å²) < 4.78 is 4.91. The maximum absolute atomic E-state index is 4.91. The summed E-state index contributed by atoms with van der Waals surface area (Å²) in [5, 5.41) is 3.28. The van der Waals surface area contributed by atoms with Crippen LogP contribution >= 0.6 is 0 Å². The van der Waals surface area contributed by atoms with Crippen LogP contribution in [-0.4, -0.2) is 26.8 Å². The first-order valence-electron chi connectivity index (χ1n) is 4.87. The second kappa shape index (κ2) is 11.4. The van der Waals surface area contributed by atoms with Crippen LogP contribution in [0, 0.1) is 0 Å². The lowest BCUT2D eigenvalue weighted by atomic mass is 10.2. The summed E-state index contributed by atoms with van der Waals surface area (Å²) in [6.45, 7) is 6.44. The summed E-state index contributed by atoms with van der Waals surface area (Å²) in [7, 11) is 1.72. The molecule has 0 aromatic rings. The third-order valence-corrected chi connectivity index (χ3v) is 1.67. The Balaban J connectivity index is 2.97. The Kier molecular flexibility index (Phi) is 10.9. The summed E-state index contributed by atoms with van der Waals surface area (Å²) in [6.07, 6.45) is 9.65. The summed E-state index contributed by atoms with van der Waals surface area (Å²) >= 11 is 0. The smallest absolute Gasteiger partial charge is 0.0587 e. The van der Waals surface area contributed by atoms with Crippen molar-refractivity contribution >= 4 is 0 Å². The fraction of sp³-hybridized carbons (Fsp3) is 0.636. The molecule has 2 nitrogen and oxygen atoms in total. The van der Waals surface area contributed by atoms with Crippen molar-refractivity contribution in [2.75, 3.05) is 26.8 Å². The molecule has 0 saturated heterocycles. The molecule has 0 atom stereocenters. The van der Waals surface area contributed by atoms with Crippen LogP contribution in [0.3, 0.4) is 0 Å². The van der Waals surface area contributed by atoms with Crippen LogP contribution in [0.1, 0.15) is 19.3 Å². The molecular formula is C11H21NO. The first kappa shape index (κ1) is 12.4. The van der Waals surface area contributed by atoms with E-state index >= 15 is 0 Å². The van der Waals surface area contributed by atoms with Gasteiger partial charge in [-0.05, 0) is 25.8 Å². The minimum atomic E-state index is 0.792. The van der Waals surface area contributed by atoms with Gasteiger partial charge in [-0.3, -0.25) is 0 Å². The van der Waals surface area contributed by atoms with Crippen LogP contribution in [-0.2, 0) is 4.74 Å². The van der Waals surface area contributed by atoms with E-state index < -0.39 is 0 Å². The Morgan fingerprint density at radius 2 is 1.92 bits per heavy atom. The van der Waals surface area contributed by atoms with Crippen molar-refractivity contribution in [2.24, 2.45) is 0 Å². The predicted octanol–water partition coefficient (Wildman–Crippen LogP) is 2.13. The van der Waals surface area contributed by atoms with Crippen LogP contribution in [0.25, 0.3) is 0 Å². The molecule has 0 radical (unpaired) electrons. The van der Waals surface area contributed by atoms with Crippen molar-refractivity contribution in [3.05, 3.63) is 24.8 Å². The van der Waals surface area contributed by atoms with E-state index in [-0.39, 0.29) is 0 Å². The van der Waals surface area contributed by atoms with Gasteiger partial charge in [0.2, 0.25) is 0 Å². The molecule has 0 bridgehead atoms. The first-order chi connectivity index (χ1) is 6.41. The molecule has 1 N–H and O–H groups in total. The zero-order chi connectivity index (χ0) is 9.78. The van der Waals surface area contributed by atoms with Crippen molar-refractivity contribution in [3.63, 3.8) is 0 Å². The number of allylic oxidation sites excluding steroid dienone is 2. The highest BCUT2D eigenvalue weighted by atomic mass is 16.5. The third kappa shape index (κ3) is 11.4. The van der Waals surface area contributed by atoms with Gasteiger partial charge in [0.15, 0.2) is 0 Å². The van der Waals surface area contributed by atoms with Crippen molar-refractivity contribution in [1.82, 2.24) is 5.32 Å². The summed E-state index contributed by atoms with van der Waals surface area (Å²) in [5.41, 5.74) is 0. The Morgan fingerprint density at radius 1 is 1.15 bits per heavy atom. The van der Waals surface area contributed by atoms with Gasteiger partial charge in [0.25, 0.3) is 0 Å². The molecule has 0 aromatic heterocycles. The van der Waals surface area contributed by atoms with Crippen LogP contribution in [0.2, 0.25) is 0 Å². The fourth-order valence-corrected chi connectivity index (χ4v) is 0.934. The molecular weight excluding hydrogens is 162 g/mol. The van der Waals surface area contributed by atoms with Crippen LogP contribution < -0.4 is 5.32 Å².